The molecule has 0 N–H and O–H groups in total. The number of para-hydroxylation sites is 4. The molecule has 2 nitrogen and oxygen atoms in total. The number of anilines is 6. The number of aryl methyl sites for hydroxylation is 3. The summed E-state index contributed by atoms with van der Waals surface area (Å²) in [6.45, 7) is 6.51. The smallest absolute Gasteiger partial charge is 0.0468 e. The highest BCUT2D eigenvalue weighted by atomic mass is 15.1. The number of hydrogen-bond acceptors (Lipinski definition) is 2. The third-order valence-electron chi connectivity index (χ3n) is 12.8. The first-order valence-electron chi connectivity index (χ1n) is 22.5. The van der Waals surface area contributed by atoms with E-state index in [1.807, 2.05) is 0 Å². The topological polar surface area (TPSA) is 6.48 Å². The Bertz CT molecular complexity index is 3370. The van der Waals surface area contributed by atoms with Crippen molar-refractivity contribution in [3.63, 3.8) is 0 Å². The molecule has 0 saturated heterocycles. The Labute approximate surface area is 381 Å². The summed E-state index contributed by atoms with van der Waals surface area (Å²) in [6, 6.07) is 86.9. The van der Waals surface area contributed by atoms with E-state index in [-0.39, 0.29) is 0 Å². The second-order valence-electron chi connectivity index (χ2n) is 17.2. The zero-order chi connectivity index (χ0) is 43.9. The molecule has 11 aromatic carbocycles. The van der Waals surface area contributed by atoms with Crippen molar-refractivity contribution in [2.45, 2.75) is 20.8 Å². The van der Waals surface area contributed by atoms with E-state index < -0.39 is 0 Å². The monoisotopic (exact) mass is 832 g/mol. The van der Waals surface area contributed by atoms with E-state index in [1.54, 1.807) is 0 Å². The Morgan fingerprint density at radius 2 is 0.585 bits per heavy atom. The van der Waals surface area contributed by atoms with Gasteiger partial charge >= 0.3 is 0 Å². The first kappa shape index (κ1) is 39.6. The molecule has 0 spiro atoms. The number of nitrogens with zero attached hydrogens (tertiary/aromatic N) is 2. The molecular formula is C63H48N2. The Morgan fingerprint density at radius 3 is 0.969 bits per heavy atom. The molecule has 0 bridgehead atoms. The van der Waals surface area contributed by atoms with Gasteiger partial charge in [0.2, 0.25) is 0 Å². The fourth-order valence-corrected chi connectivity index (χ4v) is 9.60. The van der Waals surface area contributed by atoms with Crippen LogP contribution in [0, 0.1) is 20.8 Å². The molecule has 0 aliphatic carbocycles. The van der Waals surface area contributed by atoms with Gasteiger partial charge in [0.25, 0.3) is 0 Å². The summed E-state index contributed by atoms with van der Waals surface area (Å²) in [5.74, 6) is 0. The molecule has 0 unspecified atom stereocenters. The van der Waals surface area contributed by atoms with Crippen LogP contribution in [0.1, 0.15) is 16.7 Å². The normalized spacial score (nSPS) is 11.3. The van der Waals surface area contributed by atoms with Gasteiger partial charge in [0.05, 0.1) is 0 Å². The highest BCUT2D eigenvalue weighted by Crippen LogP contribution is 2.51. The van der Waals surface area contributed by atoms with Crippen LogP contribution in [0.2, 0.25) is 0 Å². The van der Waals surface area contributed by atoms with Gasteiger partial charge in [-0.1, -0.05) is 174 Å². The molecule has 0 amide bonds. The van der Waals surface area contributed by atoms with Gasteiger partial charge in [-0.15, -0.1) is 0 Å². The third kappa shape index (κ3) is 7.39. The average molecular weight is 833 g/mol. The molecule has 310 valence electrons. The Hall–Kier alpha value is -8.20. The molecule has 0 heterocycles. The number of benzene rings is 11. The number of rotatable bonds is 9. The second-order valence-corrected chi connectivity index (χ2v) is 17.2. The van der Waals surface area contributed by atoms with Crippen LogP contribution in [-0.2, 0) is 0 Å². The van der Waals surface area contributed by atoms with E-state index in [4.69, 9.17) is 0 Å². The molecule has 0 aliphatic rings. The lowest BCUT2D eigenvalue weighted by Gasteiger charge is -2.28. The van der Waals surface area contributed by atoms with Crippen LogP contribution in [0.5, 0.6) is 0 Å². The van der Waals surface area contributed by atoms with Gasteiger partial charge in [0, 0.05) is 34.1 Å². The van der Waals surface area contributed by atoms with Gasteiger partial charge < -0.3 is 9.80 Å². The summed E-state index contributed by atoms with van der Waals surface area (Å²) in [7, 11) is 0. The van der Waals surface area contributed by atoms with Crippen LogP contribution in [-0.4, -0.2) is 0 Å². The summed E-state index contributed by atoms with van der Waals surface area (Å²) in [4.78, 5) is 4.75. The van der Waals surface area contributed by atoms with E-state index in [2.05, 4.69) is 267 Å². The Balaban J connectivity index is 1.33. The largest absolute Gasteiger partial charge is 0.310 e. The van der Waals surface area contributed by atoms with Crippen LogP contribution >= 0.6 is 0 Å². The minimum Gasteiger partial charge on any atom is -0.310 e. The lowest BCUT2D eigenvalue weighted by molar-refractivity contribution is 1.29. The van der Waals surface area contributed by atoms with Crippen molar-refractivity contribution in [1.82, 2.24) is 0 Å². The van der Waals surface area contributed by atoms with Gasteiger partial charge in [-0.3, -0.25) is 0 Å². The maximum Gasteiger partial charge on any atom is 0.0468 e. The van der Waals surface area contributed by atoms with E-state index in [9.17, 15) is 0 Å². The Morgan fingerprint density at radius 1 is 0.246 bits per heavy atom. The third-order valence-corrected chi connectivity index (χ3v) is 12.8. The lowest BCUT2D eigenvalue weighted by Crippen LogP contribution is -2.10. The maximum atomic E-state index is 2.47. The van der Waals surface area contributed by atoms with E-state index in [0.717, 1.165) is 34.1 Å². The van der Waals surface area contributed by atoms with Gasteiger partial charge in [-0.25, -0.2) is 0 Å². The molecule has 0 radical (unpaired) electrons. The van der Waals surface area contributed by atoms with E-state index in [0.29, 0.717) is 0 Å². The molecule has 65 heavy (non-hydrogen) atoms. The summed E-state index contributed by atoms with van der Waals surface area (Å²) < 4.78 is 0. The number of fused-ring (bicyclic) bond motifs is 6. The quantitative estimate of drug-likeness (QED) is 0.134. The van der Waals surface area contributed by atoms with E-state index in [1.165, 1.54) is 82.4 Å². The van der Waals surface area contributed by atoms with Crippen LogP contribution in [0.3, 0.4) is 0 Å². The zero-order valence-corrected chi connectivity index (χ0v) is 36.9. The minimum atomic E-state index is 1.09. The number of hydrogen-bond donors (Lipinski definition) is 0. The molecule has 2 heteroatoms. The van der Waals surface area contributed by atoms with Crippen LogP contribution in [0.15, 0.2) is 237 Å². The lowest BCUT2D eigenvalue weighted by atomic mass is 9.81. The van der Waals surface area contributed by atoms with Gasteiger partial charge in [0.15, 0.2) is 0 Å². The predicted molar refractivity (Wildman–Crippen MR) is 279 cm³/mol. The first-order valence-corrected chi connectivity index (χ1v) is 22.5. The second kappa shape index (κ2) is 16.8. The van der Waals surface area contributed by atoms with Gasteiger partial charge in [0.1, 0.15) is 0 Å². The summed E-state index contributed by atoms with van der Waals surface area (Å²) in [5.41, 5.74) is 17.6. The summed E-state index contributed by atoms with van der Waals surface area (Å²) in [6.07, 6.45) is 0. The van der Waals surface area contributed by atoms with Gasteiger partial charge in [-0.05, 0) is 165 Å². The molecule has 0 aliphatic heterocycles. The average Bonchev–Trinajstić information content (AvgIpc) is 3.36. The zero-order valence-electron chi connectivity index (χ0n) is 36.9. The van der Waals surface area contributed by atoms with Crippen molar-refractivity contribution in [3.05, 3.63) is 253 Å². The highest BCUT2D eigenvalue weighted by Gasteiger charge is 2.24. The van der Waals surface area contributed by atoms with Crippen LogP contribution in [0.4, 0.5) is 34.1 Å². The molecule has 0 aromatic heterocycles. The minimum absolute atomic E-state index is 1.09. The Kier molecular flexibility index (Phi) is 10.3. The fourth-order valence-electron chi connectivity index (χ4n) is 9.60. The van der Waals surface area contributed by atoms with Crippen molar-refractivity contribution in [2.24, 2.45) is 0 Å². The van der Waals surface area contributed by atoms with Crippen LogP contribution in [0.25, 0.3) is 65.7 Å². The van der Waals surface area contributed by atoms with Crippen molar-refractivity contribution in [1.29, 1.82) is 0 Å². The van der Waals surface area contributed by atoms with Crippen molar-refractivity contribution >= 4 is 66.4 Å². The van der Waals surface area contributed by atoms with Crippen molar-refractivity contribution in [3.8, 4) is 33.4 Å². The fraction of sp³-hybridized carbons (Fsp3) is 0.0476. The van der Waals surface area contributed by atoms with Gasteiger partial charge in [-0.2, -0.15) is 0 Å². The molecule has 0 atom stereocenters. The first-order chi connectivity index (χ1) is 32.0. The predicted octanol–water partition coefficient (Wildman–Crippen LogP) is 18.0. The summed E-state index contributed by atoms with van der Waals surface area (Å²) >= 11 is 0. The van der Waals surface area contributed by atoms with Crippen molar-refractivity contribution < 1.29 is 0 Å². The summed E-state index contributed by atoms with van der Waals surface area (Å²) in [5, 5.41) is 7.29. The molecule has 0 fully saturated rings. The maximum absolute atomic E-state index is 2.47. The SMILES string of the molecule is Cc1ccc(-c2cc(-c3ccc(C)cc3)c3c4ccc(N(c5ccccc5)c5ccccc5)cc4c4cc(N(c5ccccc5)c5ccccc5)ccc4c3c2-c2ccc(C)cc2)cc1. The molecular weight excluding hydrogens is 785 g/mol. The molecule has 11 rings (SSSR count). The van der Waals surface area contributed by atoms with Crippen molar-refractivity contribution in [2.75, 3.05) is 9.80 Å². The highest BCUT2D eigenvalue weighted by molar-refractivity contribution is 6.33. The standard InChI is InChI=1S/C63H48N2/c1-43-24-30-46(31-25-43)57-42-58(47-32-26-44(2)27-33-47)62-55-38-36-53(64(49-16-8-4-9-17-49)50-18-10-5-11-19-50)40-59(55)60-41-54(65(51-20-12-6-13-21-51)52-22-14-7-15-23-52)37-39-56(60)63(62)61(57)48-34-28-45(3)29-35-48/h4-42H,1-3H3. The molecule has 0 saturated carbocycles. The van der Waals surface area contributed by atoms with E-state index >= 15 is 0 Å². The molecule has 11 aromatic rings. The van der Waals surface area contributed by atoms with Crippen LogP contribution < -0.4 is 9.80 Å².